The average molecular weight is 321 g/mol. The van der Waals surface area contributed by atoms with Gasteiger partial charge in [-0.2, -0.15) is 5.26 Å². The minimum Gasteiger partial charge on any atom is -0.490 e. The number of hydrogen-bond acceptors (Lipinski definition) is 7. The summed E-state index contributed by atoms with van der Waals surface area (Å²) in [6.45, 7) is 0. The Kier molecular flexibility index (Phi) is 3.91. The first kappa shape index (κ1) is 15.2. The fourth-order valence-corrected chi connectivity index (χ4v) is 2.28. The number of aromatic nitrogens is 2. The zero-order valence-electron chi connectivity index (χ0n) is 12.6. The normalized spacial score (nSPS) is 10.2. The Hall–Kier alpha value is -3.73. The first-order chi connectivity index (χ1) is 11.6. The number of ether oxygens (including phenoxy) is 1. The molecule has 0 amide bonds. The molecular formula is C16H11N5O3. The fraction of sp³-hybridized carbons (Fsp3) is 0.0625. The zero-order valence-corrected chi connectivity index (χ0v) is 12.6. The number of nitro benzene ring substituents is 1. The average Bonchev–Trinajstić information content (AvgIpc) is 2.61. The molecule has 0 unspecified atom stereocenters. The Balaban J connectivity index is 2.12. The van der Waals surface area contributed by atoms with E-state index in [0.29, 0.717) is 28.0 Å². The molecule has 1 heterocycles. The van der Waals surface area contributed by atoms with Gasteiger partial charge in [0.1, 0.15) is 12.1 Å². The molecule has 2 aromatic carbocycles. The lowest BCUT2D eigenvalue weighted by Gasteiger charge is -2.09. The van der Waals surface area contributed by atoms with Crippen LogP contribution in [0.25, 0.3) is 10.9 Å². The molecule has 24 heavy (non-hydrogen) atoms. The third kappa shape index (κ3) is 2.78. The summed E-state index contributed by atoms with van der Waals surface area (Å²) in [6.07, 6.45) is 1.35. The smallest absolute Gasteiger partial charge is 0.311 e. The first-order valence-corrected chi connectivity index (χ1v) is 6.86. The minimum absolute atomic E-state index is 0.128. The van der Waals surface area contributed by atoms with Crippen molar-refractivity contribution in [1.82, 2.24) is 9.97 Å². The summed E-state index contributed by atoms with van der Waals surface area (Å²) in [7, 11) is 1.36. The molecule has 1 aromatic heterocycles. The highest BCUT2D eigenvalue weighted by molar-refractivity contribution is 5.93. The van der Waals surface area contributed by atoms with Crippen molar-refractivity contribution in [2.24, 2.45) is 0 Å². The highest BCUT2D eigenvalue weighted by Crippen LogP contribution is 2.34. The van der Waals surface area contributed by atoms with Crippen LogP contribution in [0.4, 0.5) is 17.2 Å². The van der Waals surface area contributed by atoms with Gasteiger partial charge in [0.2, 0.25) is 0 Å². The third-order valence-electron chi connectivity index (χ3n) is 3.39. The topological polar surface area (TPSA) is 114 Å². The molecule has 0 radical (unpaired) electrons. The molecular weight excluding hydrogens is 310 g/mol. The molecule has 1 N–H and O–H groups in total. The Morgan fingerprint density at radius 3 is 2.83 bits per heavy atom. The van der Waals surface area contributed by atoms with Crippen molar-refractivity contribution >= 4 is 28.1 Å². The van der Waals surface area contributed by atoms with Gasteiger partial charge in [-0.25, -0.2) is 9.97 Å². The van der Waals surface area contributed by atoms with E-state index in [4.69, 9.17) is 10.00 Å². The third-order valence-corrected chi connectivity index (χ3v) is 3.39. The fourth-order valence-electron chi connectivity index (χ4n) is 2.28. The lowest BCUT2D eigenvalue weighted by atomic mass is 10.1. The summed E-state index contributed by atoms with van der Waals surface area (Å²) in [6, 6.07) is 11.7. The van der Waals surface area contributed by atoms with Crippen molar-refractivity contribution in [2.45, 2.75) is 0 Å². The van der Waals surface area contributed by atoms with Crippen molar-refractivity contribution in [2.75, 3.05) is 12.4 Å². The van der Waals surface area contributed by atoms with E-state index in [9.17, 15) is 10.1 Å². The van der Waals surface area contributed by atoms with E-state index in [1.807, 2.05) is 0 Å². The summed E-state index contributed by atoms with van der Waals surface area (Å²) >= 11 is 0. The summed E-state index contributed by atoms with van der Waals surface area (Å²) in [5.41, 5.74) is 1.47. The summed E-state index contributed by atoms with van der Waals surface area (Å²) in [4.78, 5) is 18.9. The van der Waals surface area contributed by atoms with Crippen LogP contribution < -0.4 is 10.1 Å². The number of nitro groups is 1. The van der Waals surface area contributed by atoms with Gasteiger partial charge in [-0.1, -0.05) is 6.07 Å². The summed E-state index contributed by atoms with van der Waals surface area (Å²) < 4.78 is 5.04. The Morgan fingerprint density at radius 2 is 2.12 bits per heavy atom. The predicted octanol–water partition coefficient (Wildman–Crippen LogP) is 3.16. The molecule has 0 aliphatic rings. The standard InChI is InChI=1S/C16H11N5O3/c1-24-15-7-13-12(6-14(15)21(22)23)16(19-9-18-13)20-11-4-2-3-10(5-11)8-17/h2-7,9H,1H3,(H,18,19,20). The molecule has 8 heteroatoms. The molecule has 0 fully saturated rings. The largest absolute Gasteiger partial charge is 0.490 e. The van der Waals surface area contributed by atoms with E-state index in [2.05, 4.69) is 21.4 Å². The number of methoxy groups -OCH3 is 1. The van der Waals surface area contributed by atoms with Crippen LogP contribution in [0, 0.1) is 21.4 Å². The molecule has 118 valence electrons. The Morgan fingerprint density at radius 1 is 1.29 bits per heavy atom. The van der Waals surface area contributed by atoms with Crippen LogP contribution in [0.1, 0.15) is 5.56 Å². The van der Waals surface area contributed by atoms with Gasteiger partial charge in [0.25, 0.3) is 0 Å². The number of fused-ring (bicyclic) bond motifs is 1. The minimum atomic E-state index is -0.522. The summed E-state index contributed by atoms with van der Waals surface area (Å²) in [5, 5.41) is 23.7. The predicted molar refractivity (Wildman–Crippen MR) is 87.2 cm³/mol. The lowest BCUT2D eigenvalue weighted by Crippen LogP contribution is -1.99. The molecule has 3 rings (SSSR count). The number of anilines is 2. The molecule has 0 aliphatic heterocycles. The number of benzene rings is 2. The second-order valence-corrected chi connectivity index (χ2v) is 4.84. The van der Waals surface area contributed by atoms with E-state index in [0.717, 1.165) is 0 Å². The van der Waals surface area contributed by atoms with Gasteiger partial charge in [-0.05, 0) is 18.2 Å². The maximum Gasteiger partial charge on any atom is 0.311 e. The van der Waals surface area contributed by atoms with E-state index in [-0.39, 0.29) is 11.4 Å². The molecule has 0 bridgehead atoms. The monoisotopic (exact) mass is 321 g/mol. The number of hydrogen-bond donors (Lipinski definition) is 1. The first-order valence-electron chi connectivity index (χ1n) is 6.86. The van der Waals surface area contributed by atoms with Crippen LogP contribution >= 0.6 is 0 Å². The molecule has 0 spiro atoms. The highest BCUT2D eigenvalue weighted by Gasteiger charge is 2.18. The molecule has 3 aromatic rings. The van der Waals surface area contributed by atoms with Gasteiger partial charge in [0, 0.05) is 17.8 Å². The van der Waals surface area contributed by atoms with Crippen molar-refractivity contribution in [3.05, 3.63) is 58.4 Å². The van der Waals surface area contributed by atoms with E-state index < -0.39 is 4.92 Å². The SMILES string of the molecule is COc1cc2ncnc(Nc3cccc(C#N)c3)c2cc1[N+](=O)[O-]. The Bertz CT molecular complexity index is 981. The van der Waals surface area contributed by atoms with Crippen molar-refractivity contribution in [3.8, 4) is 11.8 Å². The maximum absolute atomic E-state index is 11.2. The maximum atomic E-state index is 11.2. The number of nitrogens with one attached hydrogen (secondary N) is 1. The van der Waals surface area contributed by atoms with Crippen LogP contribution in [0.2, 0.25) is 0 Å². The van der Waals surface area contributed by atoms with E-state index in [1.165, 1.54) is 25.6 Å². The number of nitriles is 1. The Labute approximate surface area is 136 Å². The van der Waals surface area contributed by atoms with Crippen molar-refractivity contribution in [3.63, 3.8) is 0 Å². The van der Waals surface area contributed by atoms with Gasteiger partial charge >= 0.3 is 5.69 Å². The molecule has 0 aliphatic carbocycles. The quantitative estimate of drug-likeness (QED) is 0.579. The molecule has 0 saturated carbocycles. The lowest BCUT2D eigenvalue weighted by molar-refractivity contribution is -0.385. The highest BCUT2D eigenvalue weighted by atomic mass is 16.6. The molecule has 0 atom stereocenters. The van der Waals surface area contributed by atoms with Crippen LogP contribution in [0.5, 0.6) is 5.75 Å². The zero-order chi connectivity index (χ0) is 17.1. The summed E-state index contributed by atoms with van der Waals surface area (Å²) in [5.74, 6) is 0.532. The van der Waals surface area contributed by atoms with Gasteiger partial charge in [0.05, 0.1) is 34.6 Å². The van der Waals surface area contributed by atoms with Gasteiger partial charge in [-0.15, -0.1) is 0 Å². The van der Waals surface area contributed by atoms with Crippen LogP contribution in [-0.4, -0.2) is 22.0 Å². The number of nitrogens with zero attached hydrogens (tertiary/aromatic N) is 4. The van der Waals surface area contributed by atoms with Gasteiger partial charge in [0.15, 0.2) is 5.75 Å². The second-order valence-electron chi connectivity index (χ2n) is 4.84. The second kappa shape index (κ2) is 6.18. The van der Waals surface area contributed by atoms with Gasteiger partial charge in [-0.3, -0.25) is 10.1 Å². The van der Waals surface area contributed by atoms with Crippen LogP contribution in [0.3, 0.4) is 0 Å². The van der Waals surface area contributed by atoms with Crippen LogP contribution in [0.15, 0.2) is 42.7 Å². The molecule has 8 nitrogen and oxygen atoms in total. The van der Waals surface area contributed by atoms with Crippen molar-refractivity contribution < 1.29 is 9.66 Å². The molecule has 0 saturated heterocycles. The van der Waals surface area contributed by atoms with E-state index >= 15 is 0 Å². The number of rotatable bonds is 4. The van der Waals surface area contributed by atoms with Crippen LogP contribution in [-0.2, 0) is 0 Å². The van der Waals surface area contributed by atoms with E-state index in [1.54, 1.807) is 24.3 Å². The van der Waals surface area contributed by atoms with Crippen molar-refractivity contribution in [1.29, 1.82) is 5.26 Å². The van der Waals surface area contributed by atoms with Gasteiger partial charge < -0.3 is 10.1 Å².